The van der Waals surface area contributed by atoms with Gasteiger partial charge in [0.05, 0.1) is 31.4 Å². The molecule has 1 saturated heterocycles. The van der Waals surface area contributed by atoms with Crippen LogP contribution in [0.5, 0.6) is 0 Å². The van der Waals surface area contributed by atoms with Gasteiger partial charge in [0, 0.05) is 5.75 Å². The van der Waals surface area contributed by atoms with Gasteiger partial charge in [-0.25, -0.2) is 0 Å². The smallest absolute Gasteiger partial charge is 0.0928 e. The van der Waals surface area contributed by atoms with Gasteiger partial charge in [0.1, 0.15) is 0 Å². The maximum absolute atomic E-state index is 2.38. The van der Waals surface area contributed by atoms with E-state index in [9.17, 15) is 0 Å². The Morgan fingerprint density at radius 3 is 2.45 bits per heavy atom. The third-order valence-electron chi connectivity index (χ3n) is 2.65. The van der Waals surface area contributed by atoms with E-state index in [-0.39, 0.29) is 0 Å². The van der Waals surface area contributed by atoms with Crippen LogP contribution in [0.3, 0.4) is 0 Å². The van der Waals surface area contributed by atoms with Gasteiger partial charge >= 0.3 is 0 Å². The molecule has 0 aromatic heterocycles. The van der Waals surface area contributed by atoms with E-state index >= 15 is 0 Å². The van der Waals surface area contributed by atoms with Gasteiger partial charge < -0.3 is 4.48 Å². The molecular weight excluding hydrogens is 154 g/mol. The Labute approximate surface area is 74.7 Å². The molecule has 0 radical (unpaired) electrons. The number of hydrogen-bond acceptors (Lipinski definition) is 1. The third kappa shape index (κ3) is 2.38. The highest BCUT2D eigenvalue weighted by Gasteiger charge is 2.35. The van der Waals surface area contributed by atoms with E-state index in [4.69, 9.17) is 0 Å². The normalized spacial score (nSPS) is 37.1. The van der Waals surface area contributed by atoms with Gasteiger partial charge in [0.2, 0.25) is 0 Å². The fourth-order valence-electron chi connectivity index (χ4n) is 1.86. The Hall–Kier alpha value is 0.310. The van der Waals surface area contributed by atoms with Crippen LogP contribution in [0.15, 0.2) is 0 Å². The zero-order chi connectivity index (χ0) is 8.54. The second-order valence-electron chi connectivity index (χ2n) is 4.43. The second kappa shape index (κ2) is 2.98. The lowest BCUT2D eigenvalue weighted by Gasteiger charge is -2.44. The number of rotatable bonds is 1. The lowest BCUT2D eigenvalue weighted by atomic mass is 10.1. The third-order valence-corrected chi connectivity index (χ3v) is 3.95. The Morgan fingerprint density at radius 2 is 2.09 bits per heavy atom. The summed E-state index contributed by atoms with van der Waals surface area (Å²) >= 11 is 2.12. The van der Waals surface area contributed by atoms with Crippen LogP contribution in [0.4, 0.5) is 0 Å². The van der Waals surface area contributed by atoms with Gasteiger partial charge in [-0.05, 0) is 20.8 Å². The first-order valence-corrected chi connectivity index (χ1v) is 5.43. The van der Waals surface area contributed by atoms with Crippen molar-refractivity contribution < 1.29 is 4.48 Å². The highest BCUT2D eigenvalue weighted by atomic mass is 32.2. The van der Waals surface area contributed by atoms with Crippen LogP contribution < -0.4 is 0 Å². The van der Waals surface area contributed by atoms with Crippen molar-refractivity contribution in [3.05, 3.63) is 0 Å². The van der Waals surface area contributed by atoms with Crippen molar-refractivity contribution in [2.45, 2.75) is 25.5 Å². The summed E-state index contributed by atoms with van der Waals surface area (Å²) in [6.45, 7) is 11.0. The minimum Gasteiger partial charge on any atom is -0.324 e. The van der Waals surface area contributed by atoms with Gasteiger partial charge in [-0.15, -0.1) is 11.8 Å². The molecular formula is C9H20NS+. The van der Waals surface area contributed by atoms with E-state index < -0.39 is 0 Å². The molecule has 0 saturated carbocycles. The van der Waals surface area contributed by atoms with Crippen LogP contribution in [0.2, 0.25) is 0 Å². The Kier molecular flexibility index (Phi) is 2.55. The first-order valence-electron chi connectivity index (χ1n) is 4.45. The molecule has 0 aromatic carbocycles. The molecule has 1 nitrogen and oxygen atoms in total. The summed E-state index contributed by atoms with van der Waals surface area (Å²) in [7, 11) is 2.38. The average molecular weight is 174 g/mol. The first kappa shape index (κ1) is 9.40. The molecule has 1 atom stereocenters. The molecule has 2 heteroatoms. The minimum absolute atomic E-state index is 0.503. The predicted octanol–water partition coefficient (Wildman–Crippen LogP) is 1.98. The molecule has 0 aromatic rings. The Morgan fingerprint density at radius 1 is 1.45 bits per heavy atom. The van der Waals surface area contributed by atoms with Gasteiger partial charge in [-0.2, -0.15) is 0 Å². The molecule has 0 amide bonds. The van der Waals surface area contributed by atoms with Crippen LogP contribution in [0, 0.1) is 0 Å². The van der Waals surface area contributed by atoms with Crippen molar-refractivity contribution in [3.63, 3.8) is 0 Å². The van der Waals surface area contributed by atoms with Crippen molar-refractivity contribution in [1.29, 1.82) is 0 Å². The molecule has 1 fully saturated rings. The lowest BCUT2D eigenvalue weighted by molar-refractivity contribution is -0.908. The van der Waals surface area contributed by atoms with Crippen molar-refractivity contribution in [2.24, 2.45) is 0 Å². The quantitative estimate of drug-likeness (QED) is 0.548. The molecule has 0 N–H and O–H groups in total. The van der Waals surface area contributed by atoms with Crippen LogP contribution in [0.25, 0.3) is 0 Å². The molecule has 1 unspecified atom stereocenters. The highest BCUT2D eigenvalue weighted by Crippen LogP contribution is 2.32. The number of nitrogens with zero attached hydrogens (tertiary/aromatic N) is 1. The van der Waals surface area contributed by atoms with E-state index in [1.807, 2.05) is 0 Å². The summed E-state index contributed by atoms with van der Waals surface area (Å²) in [6, 6.07) is 0. The predicted molar refractivity (Wildman–Crippen MR) is 53.0 cm³/mol. The molecule has 0 bridgehead atoms. The maximum atomic E-state index is 2.38. The SMILES string of the molecule is CC[N+]1(C)CCSC(C)(C)C1. The summed E-state index contributed by atoms with van der Waals surface area (Å²) < 4.78 is 1.77. The number of thioether (sulfide) groups is 1. The van der Waals surface area contributed by atoms with Gasteiger partial charge in [0.25, 0.3) is 0 Å². The standard InChI is InChI=1S/C9H20NS/c1-5-10(4)6-7-11-9(2,3)8-10/h5-8H2,1-4H3/q+1. The summed E-state index contributed by atoms with van der Waals surface area (Å²) in [5.74, 6) is 1.33. The van der Waals surface area contributed by atoms with Crippen LogP contribution in [-0.4, -0.2) is 41.7 Å². The average Bonchev–Trinajstić information content (AvgIpc) is 1.85. The van der Waals surface area contributed by atoms with E-state index in [1.54, 1.807) is 0 Å². The fraction of sp³-hybridized carbons (Fsp3) is 1.00. The lowest BCUT2D eigenvalue weighted by Crippen LogP contribution is -2.55. The largest absolute Gasteiger partial charge is 0.324 e. The maximum Gasteiger partial charge on any atom is 0.0928 e. The fourth-order valence-corrected chi connectivity index (χ4v) is 3.34. The van der Waals surface area contributed by atoms with E-state index in [0.717, 1.165) is 0 Å². The number of quaternary nitrogens is 1. The van der Waals surface area contributed by atoms with Crippen molar-refractivity contribution >= 4 is 11.8 Å². The van der Waals surface area contributed by atoms with E-state index in [1.165, 1.54) is 29.9 Å². The summed E-state index contributed by atoms with van der Waals surface area (Å²) in [5.41, 5.74) is 0. The first-order chi connectivity index (χ1) is 4.97. The molecule has 1 rings (SSSR count). The summed E-state index contributed by atoms with van der Waals surface area (Å²) in [4.78, 5) is 0. The Balaban J connectivity index is 2.59. The zero-order valence-corrected chi connectivity index (χ0v) is 9.00. The summed E-state index contributed by atoms with van der Waals surface area (Å²) in [6.07, 6.45) is 0. The monoisotopic (exact) mass is 174 g/mol. The Bertz CT molecular complexity index is 144. The minimum atomic E-state index is 0.503. The molecule has 1 aliphatic heterocycles. The van der Waals surface area contributed by atoms with E-state index in [0.29, 0.717) is 4.75 Å². The molecule has 66 valence electrons. The molecule has 0 spiro atoms. The van der Waals surface area contributed by atoms with Gasteiger partial charge in [-0.3, -0.25) is 0 Å². The van der Waals surface area contributed by atoms with Crippen molar-refractivity contribution in [1.82, 2.24) is 0 Å². The topological polar surface area (TPSA) is 0 Å². The molecule has 0 aliphatic carbocycles. The van der Waals surface area contributed by atoms with E-state index in [2.05, 4.69) is 39.6 Å². The van der Waals surface area contributed by atoms with Crippen molar-refractivity contribution in [3.8, 4) is 0 Å². The van der Waals surface area contributed by atoms with Gasteiger partial charge in [0.15, 0.2) is 0 Å². The molecule has 11 heavy (non-hydrogen) atoms. The molecule has 1 heterocycles. The van der Waals surface area contributed by atoms with Crippen LogP contribution >= 0.6 is 11.8 Å². The zero-order valence-electron chi connectivity index (χ0n) is 8.18. The van der Waals surface area contributed by atoms with Gasteiger partial charge in [-0.1, -0.05) is 0 Å². The van der Waals surface area contributed by atoms with Crippen LogP contribution in [-0.2, 0) is 0 Å². The second-order valence-corrected chi connectivity index (χ2v) is 6.23. The van der Waals surface area contributed by atoms with Crippen LogP contribution in [0.1, 0.15) is 20.8 Å². The highest BCUT2D eigenvalue weighted by molar-refractivity contribution is 8.00. The summed E-state index contributed by atoms with van der Waals surface area (Å²) in [5, 5.41) is 0. The number of hydrogen-bond donors (Lipinski definition) is 0. The molecule has 1 aliphatic rings. The van der Waals surface area contributed by atoms with Crippen molar-refractivity contribution in [2.75, 3.05) is 32.4 Å².